The summed E-state index contributed by atoms with van der Waals surface area (Å²) >= 11 is 0. The SMILES string of the molecule is C[C@H](CCc1ccccc1)NC(=O)CN1C(=O)/C(=C\c2ccc(F)cc2)Oc2ccccc21. The van der Waals surface area contributed by atoms with Gasteiger partial charge in [0.15, 0.2) is 11.5 Å². The molecule has 0 radical (unpaired) electrons. The normalized spacial score (nSPS) is 15.0. The van der Waals surface area contributed by atoms with Gasteiger partial charge in [-0.25, -0.2) is 4.39 Å². The molecular formula is C27H25FN2O3. The van der Waals surface area contributed by atoms with E-state index in [1.54, 1.807) is 42.5 Å². The second-order valence-corrected chi connectivity index (χ2v) is 8.01. The minimum absolute atomic E-state index is 0.0432. The summed E-state index contributed by atoms with van der Waals surface area (Å²) in [6.45, 7) is 1.82. The van der Waals surface area contributed by atoms with Gasteiger partial charge in [0.1, 0.15) is 12.4 Å². The standard InChI is InChI=1S/C27H25FN2O3/c1-19(11-12-20-7-3-2-4-8-20)29-26(31)18-30-23-9-5-6-10-24(23)33-25(27(30)32)17-21-13-15-22(28)16-14-21/h2-10,13-17,19H,11-12,18H2,1H3,(H,29,31)/b25-17+/t19-/m1/s1. The molecule has 0 fully saturated rings. The molecule has 0 spiro atoms. The highest BCUT2D eigenvalue weighted by Gasteiger charge is 2.31. The molecular weight excluding hydrogens is 419 g/mol. The number of ether oxygens (including phenoxy) is 1. The van der Waals surface area contributed by atoms with Gasteiger partial charge in [0, 0.05) is 6.04 Å². The maximum Gasteiger partial charge on any atom is 0.294 e. The first kappa shape index (κ1) is 22.3. The lowest BCUT2D eigenvalue weighted by Gasteiger charge is -2.30. The maximum atomic E-state index is 13.2. The van der Waals surface area contributed by atoms with Crippen molar-refractivity contribution < 1.29 is 18.7 Å². The molecule has 0 aliphatic carbocycles. The summed E-state index contributed by atoms with van der Waals surface area (Å²) in [5.41, 5.74) is 2.37. The van der Waals surface area contributed by atoms with Crippen molar-refractivity contribution in [3.63, 3.8) is 0 Å². The van der Waals surface area contributed by atoms with Crippen LogP contribution < -0.4 is 15.0 Å². The second-order valence-electron chi connectivity index (χ2n) is 8.01. The number of rotatable bonds is 7. The smallest absolute Gasteiger partial charge is 0.294 e. The molecule has 168 valence electrons. The van der Waals surface area contributed by atoms with Gasteiger partial charge in [0.25, 0.3) is 5.91 Å². The fraction of sp³-hybridized carbons (Fsp3) is 0.185. The summed E-state index contributed by atoms with van der Waals surface area (Å²) in [5, 5.41) is 2.98. The first-order valence-electron chi connectivity index (χ1n) is 10.9. The number of anilines is 1. The number of aryl methyl sites for hydroxylation is 1. The molecule has 6 heteroatoms. The largest absolute Gasteiger partial charge is 0.449 e. The fourth-order valence-corrected chi connectivity index (χ4v) is 3.69. The average Bonchev–Trinajstić information content (AvgIpc) is 2.82. The molecule has 2 amide bonds. The number of halogens is 1. The molecule has 0 saturated heterocycles. The Morgan fingerprint density at radius 3 is 2.48 bits per heavy atom. The lowest BCUT2D eigenvalue weighted by Crippen LogP contribution is -2.46. The summed E-state index contributed by atoms with van der Waals surface area (Å²) < 4.78 is 19.0. The molecule has 0 aromatic heterocycles. The first-order valence-corrected chi connectivity index (χ1v) is 10.9. The number of hydrogen-bond acceptors (Lipinski definition) is 3. The number of fused-ring (bicyclic) bond motifs is 1. The number of para-hydroxylation sites is 2. The van der Waals surface area contributed by atoms with E-state index in [-0.39, 0.29) is 30.1 Å². The van der Waals surface area contributed by atoms with E-state index in [1.807, 2.05) is 25.1 Å². The van der Waals surface area contributed by atoms with Crippen LogP contribution in [0.25, 0.3) is 6.08 Å². The van der Waals surface area contributed by atoms with Crippen LogP contribution in [0.4, 0.5) is 10.1 Å². The van der Waals surface area contributed by atoms with Crippen molar-refractivity contribution >= 4 is 23.6 Å². The van der Waals surface area contributed by atoms with Gasteiger partial charge in [-0.05, 0) is 61.2 Å². The Kier molecular flexibility index (Phi) is 6.83. The number of carbonyl (C=O) groups excluding carboxylic acids is 2. The number of carbonyl (C=O) groups is 2. The molecule has 33 heavy (non-hydrogen) atoms. The van der Waals surface area contributed by atoms with Gasteiger partial charge in [-0.3, -0.25) is 14.5 Å². The molecule has 3 aromatic carbocycles. The van der Waals surface area contributed by atoms with Crippen LogP contribution >= 0.6 is 0 Å². The van der Waals surface area contributed by atoms with Gasteiger partial charge < -0.3 is 10.1 Å². The van der Waals surface area contributed by atoms with E-state index < -0.39 is 5.91 Å². The monoisotopic (exact) mass is 444 g/mol. The van der Waals surface area contributed by atoms with Gasteiger partial charge in [-0.1, -0.05) is 54.6 Å². The molecule has 0 unspecified atom stereocenters. The minimum Gasteiger partial charge on any atom is -0.449 e. The molecule has 1 aliphatic heterocycles. The predicted molar refractivity (Wildman–Crippen MR) is 126 cm³/mol. The maximum absolute atomic E-state index is 13.2. The van der Waals surface area contributed by atoms with Crippen molar-refractivity contribution in [3.8, 4) is 5.75 Å². The molecule has 1 N–H and O–H groups in total. The molecule has 1 aliphatic rings. The van der Waals surface area contributed by atoms with Crippen molar-refractivity contribution in [1.29, 1.82) is 0 Å². The zero-order valence-electron chi connectivity index (χ0n) is 18.3. The van der Waals surface area contributed by atoms with Crippen LogP contribution in [0.1, 0.15) is 24.5 Å². The summed E-state index contributed by atoms with van der Waals surface area (Å²) in [5.74, 6) is -0.481. The van der Waals surface area contributed by atoms with Gasteiger partial charge in [0.2, 0.25) is 5.91 Å². The van der Waals surface area contributed by atoms with Gasteiger partial charge in [-0.15, -0.1) is 0 Å². The number of benzene rings is 3. The number of nitrogens with zero attached hydrogens (tertiary/aromatic N) is 1. The van der Waals surface area contributed by atoms with E-state index in [9.17, 15) is 14.0 Å². The third-order valence-corrected chi connectivity index (χ3v) is 5.42. The van der Waals surface area contributed by atoms with Crippen molar-refractivity contribution in [2.24, 2.45) is 0 Å². The highest BCUT2D eigenvalue weighted by Crippen LogP contribution is 2.35. The Labute approximate surface area is 192 Å². The molecule has 4 rings (SSSR count). The quantitative estimate of drug-likeness (QED) is 0.536. The Morgan fingerprint density at radius 1 is 1.03 bits per heavy atom. The Balaban J connectivity index is 1.46. The van der Waals surface area contributed by atoms with Crippen LogP contribution in [0.3, 0.4) is 0 Å². The van der Waals surface area contributed by atoms with E-state index in [2.05, 4.69) is 17.4 Å². The van der Waals surface area contributed by atoms with Crippen LogP contribution in [0, 0.1) is 5.82 Å². The first-order chi connectivity index (χ1) is 16.0. The van der Waals surface area contributed by atoms with Crippen molar-refractivity contribution in [1.82, 2.24) is 5.32 Å². The molecule has 5 nitrogen and oxygen atoms in total. The zero-order chi connectivity index (χ0) is 23.2. The number of amides is 2. The molecule has 0 saturated carbocycles. The highest BCUT2D eigenvalue weighted by atomic mass is 19.1. The Morgan fingerprint density at radius 2 is 1.73 bits per heavy atom. The van der Waals surface area contributed by atoms with Crippen LogP contribution in [0.2, 0.25) is 0 Å². The van der Waals surface area contributed by atoms with Gasteiger partial charge in [-0.2, -0.15) is 0 Å². The second kappa shape index (κ2) is 10.1. The summed E-state index contributed by atoms with van der Waals surface area (Å²) in [7, 11) is 0. The average molecular weight is 445 g/mol. The summed E-state index contributed by atoms with van der Waals surface area (Å²) in [6, 6.07) is 22.9. The molecule has 1 heterocycles. The lowest BCUT2D eigenvalue weighted by molar-refractivity contribution is -0.123. The molecule has 1 atom stereocenters. The van der Waals surface area contributed by atoms with E-state index in [0.29, 0.717) is 17.0 Å². The third-order valence-electron chi connectivity index (χ3n) is 5.42. The van der Waals surface area contributed by atoms with E-state index in [1.165, 1.54) is 22.6 Å². The van der Waals surface area contributed by atoms with Crippen molar-refractivity contribution in [2.45, 2.75) is 25.8 Å². The topological polar surface area (TPSA) is 58.6 Å². The molecule has 0 bridgehead atoms. The van der Waals surface area contributed by atoms with E-state index in [0.717, 1.165) is 12.8 Å². The fourth-order valence-electron chi connectivity index (χ4n) is 3.69. The minimum atomic E-state index is -0.426. The Bertz CT molecular complexity index is 1160. The van der Waals surface area contributed by atoms with Gasteiger partial charge >= 0.3 is 0 Å². The third kappa shape index (κ3) is 5.66. The number of hydrogen-bond donors (Lipinski definition) is 1. The zero-order valence-corrected chi connectivity index (χ0v) is 18.3. The molecule has 3 aromatic rings. The van der Waals surface area contributed by atoms with Crippen LogP contribution in [-0.2, 0) is 16.0 Å². The highest BCUT2D eigenvalue weighted by molar-refractivity contribution is 6.12. The summed E-state index contributed by atoms with van der Waals surface area (Å²) in [4.78, 5) is 27.4. The van der Waals surface area contributed by atoms with Crippen molar-refractivity contribution in [3.05, 3.63) is 102 Å². The lowest BCUT2D eigenvalue weighted by atomic mass is 10.1. The van der Waals surface area contributed by atoms with Crippen LogP contribution in [0.5, 0.6) is 5.75 Å². The predicted octanol–water partition coefficient (Wildman–Crippen LogP) is 4.73. The number of nitrogens with one attached hydrogen (secondary N) is 1. The van der Waals surface area contributed by atoms with E-state index in [4.69, 9.17) is 4.74 Å². The van der Waals surface area contributed by atoms with Gasteiger partial charge in [0.05, 0.1) is 5.69 Å². The van der Waals surface area contributed by atoms with Crippen molar-refractivity contribution in [2.75, 3.05) is 11.4 Å². The summed E-state index contributed by atoms with van der Waals surface area (Å²) in [6.07, 6.45) is 3.19. The van der Waals surface area contributed by atoms with E-state index >= 15 is 0 Å². The Hall–Kier alpha value is -3.93. The van der Waals surface area contributed by atoms with Crippen LogP contribution in [0.15, 0.2) is 84.6 Å². The van der Waals surface area contributed by atoms with Crippen LogP contribution in [-0.4, -0.2) is 24.4 Å².